The number of aldehydes is 1. The maximum Gasteiger partial charge on any atom is 0.340 e. The highest BCUT2D eigenvalue weighted by atomic mass is 19.2. The molecular formula is C9H6F2O3. The lowest BCUT2D eigenvalue weighted by Gasteiger charge is -2.02. The molecule has 1 aromatic rings. The van der Waals surface area contributed by atoms with Crippen molar-refractivity contribution in [2.24, 2.45) is 0 Å². The maximum atomic E-state index is 13.0. The third-order valence-electron chi connectivity index (χ3n) is 1.59. The Kier molecular flexibility index (Phi) is 2.91. The Morgan fingerprint density at radius 3 is 2.57 bits per heavy atom. The van der Waals surface area contributed by atoms with E-state index in [1.54, 1.807) is 0 Å². The summed E-state index contributed by atoms with van der Waals surface area (Å²) in [6.07, 6.45) is 0.314. The molecule has 0 aromatic heterocycles. The lowest BCUT2D eigenvalue weighted by molar-refractivity contribution is 0.0594. The van der Waals surface area contributed by atoms with Gasteiger partial charge in [0.25, 0.3) is 0 Å². The van der Waals surface area contributed by atoms with Crippen LogP contribution in [-0.2, 0) is 4.74 Å². The summed E-state index contributed by atoms with van der Waals surface area (Å²) in [5.41, 5.74) is -0.709. The molecule has 0 aliphatic heterocycles. The van der Waals surface area contributed by atoms with Crippen molar-refractivity contribution in [1.29, 1.82) is 0 Å². The van der Waals surface area contributed by atoms with Gasteiger partial charge in [-0.2, -0.15) is 0 Å². The van der Waals surface area contributed by atoms with E-state index >= 15 is 0 Å². The predicted molar refractivity (Wildman–Crippen MR) is 43.1 cm³/mol. The molecule has 1 rings (SSSR count). The molecule has 5 heteroatoms. The van der Waals surface area contributed by atoms with E-state index < -0.39 is 23.2 Å². The molecule has 0 N–H and O–H groups in total. The zero-order valence-corrected chi connectivity index (χ0v) is 7.21. The number of carbonyl (C=O) groups is 2. The number of methoxy groups -OCH3 is 1. The van der Waals surface area contributed by atoms with Crippen LogP contribution in [0.25, 0.3) is 0 Å². The van der Waals surface area contributed by atoms with E-state index in [1.807, 2.05) is 0 Å². The van der Waals surface area contributed by atoms with E-state index in [4.69, 9.17) is 0 Å². The molecule has 0 radical (unpaired) electrons. The molecule has 0 saturated heterocycles. The van der Waals surface area contributed by atoms with Crippen LogP contribution < -0.4 is 0 Å². The fraction of sp³-hybridized carbons (Fsp3) is 0.111. The third kappa shape index (κ3) is 1.76. The van der Waals surface area contributed by atoms with Crippen LogP contribution in [0.3, 0.4) is 0 Å². The first-order valence-electron chi connectivity index (χ1n) is 3.62. The lowest BCUT2D eigenvalue weighted by Crippen LogP contribution is -2.07. The zero-order chi connectivity index (χ0) is 10.7. The molecule has 0 bridgehead atoms. The normalized spacial score (nSPS) is 9.64. The number of hydrogen-bond acceptors (Lipinski definition) is 3. The van der Waals surface area contributed by atoms with Crippen LogP contribution in [0, 0.1) is 11.6 Å². The average molecular weight is 200 g/mol. The molecule has 14 heavy (non-hydrogen) atoms. The van der Waals surface area contributed by atoms with Gasteiger partial charge in [0.15, 0.2) is 11.6 Å². The van der Waals surface area contributed by atoms with E-state index in [9.17, 15) is 18.4 Å². The van der Waals surface area contributed by atoms with Crippen molar-refractivity contribution in [2.75, 3.05) is 7.11 Å². The van der Waals surface area contributed by atoms with Crippen LogP contribution in [0.1, 0.15) is 20.7 Å². The van der Waals surface area contributed by atoms with Gasteiger partial charge in [-0.05, 0) is 12.1 Å². The monoisotopic (exact) mass is 200 g/mol. The molecule has 0 atom stereocenters. The summed E-state index contributed by atoms with van der Waals surface area (Å²) < 4.78 is 30.0. The first kappa shape index (κ1) is 10.3. The van der Waals surface area contributed by atoms with Gasteiger partial charge >= 0.3 is 5.97 Å². The first-order valence-corrected chi connectivity index (χ1v) is 3.62. The molecular weight excluding hydrogens is 194 g/mol. The van der Waals surface area contributed by atoms with Gasteiger partial charge in [-0.3, -0.25) is 4.79 Å². The Morgan fingerprint density at radius 2 is 2.07 bits per heavy atom. The van der Waals surface area contributed by atoms with Gasteiger partial charge in [0, 0.05) is 5.56 Å². The third-order valence-corrected chi connectivity index (χ3v) is 1.59. The Morgan fingerprint density at radius 1 is 1.43 bits per heavy atom. The van der Waals surface area contributed by atoms with Gasteiger partial charge in [-0.25, -0.2) is 13.6 Å². The van der Waals surface area contributed by atoms with Crippen molar-refractivity contribution >= 4 is 12.3 Å². The van der Waals surface area contributed by atoms with Gasteiger partial charge < -0.3 is 4.74 Å². The number of ether oxygens (including phenoxy) is 1. The average Bonchev–Trinajstić information content (AvgIpc) is 2.20. The number of esters is 1. The summed E-state index contributed by atoms with van der Waals surface area (Å²) in [7, 11) is 1.03. The van der Waals surface area contributed by atoms with Crippen molar-refractivity contribution in [3.63, 3.8) is 0 Å². The van der Waals surface area contributed by atoms with Crippen molar-refractivity contribution in [3.05, 3.63) is 34.9 Å². The van der Waals surface area contributed by atoms with Crippen molar-refractivity contribution in [3.8, 4) is 0 Å². The van der Waals surface area contributed by atoms with Crippen LogP contribution in [-0.4, -0.2) is 19.4 Å². The molecule has 0 aliphatic rings. The van der Waals surface area contributed by atoms with Crippen molar-refractivity contribution in [1.82, 2.24) is 0 Å². The molecule has 0 spiro atoms. The quantitative estimate of drug-likeness (QED) is 0.537. The topological polar surface area (TPSA) is 43.4 Å². The highest BCUT2D eigenvalue weighted by Gasteiger charge is 2.17. The standard InChI is InChI=1S/C9H6F2O3/c1-14-9(13)6-2-5(4-12)3-7(10)8(6)11/h2-4H,1H3. The molecule has 1 aromatic carbocycles. The van der Waals surface area contributed by atoms with Crippen LogP contribution in [0.4, 0.5) is 8.78 Å². The Hall–Kier alpha value is -1.78. The van der Waals surface area contributed by atoms with Gasteiger partial charge in [-0.15, -0.1) is 0 Å². The SMILES string of the molecule is COC(=O)c1cc(C=O)cc(F)c1F. The van der Waals surface area contributed by atoms with Crippen LogP contribution >= 0.6 is 0 Å². The van der Waals surface area contributed by atoms with Crippen LogP contribution in [0.2, 0.25) is 0 Å². The zero-order valence-electron chi connectivity index (χ0n) is 7.21. The van der Waals surface area contributed by atoms with Gasteiger partial charge in [0.1, 0.15) is 6.29 Å². The highest BCUT2D eigenvalue weighted by molar-refractivity contribution is 5.91. The van der Waals surface area contributed by atoms with E-state index in [0.717, 1.165) is 13.2 Å². The summed E-state index contributed by atoms with van der Waals surface area (Å²) in [6.45, 7) is 0. The molecule has 0 heterocycles. The molecule has 0 amide bonds. The van der Waals surface area contributed by atoms with E-state index in [0.29, 0.717) is 12.4 Å². The fourth-order valence-corrected chi connectivity index (χ4v) is 0.937. The first-order chi connectivity index (χ1) is 6.60. The number of carbonyl (C=O) groups excluding carboxylic acids is 2. The maximum absolute atomic E-state index is 13.0. The highest BCUT2D eigenvalue weighted by Crippen LogP contribution is 2.14. The van der Waals surface area contributed by atoms with Crippen LogP contribution in [0.15, 0.2) is 12.1 Å². The Labute approximate surface area is 78.3 Å². The van der Waals surface area contributed by atoms with E-state index in [1.165, 1.54) is 0 Å². The fourth-order valence-electron chi connectivity index (χ4n) is 0.937. The minimum atomic E-state index is -1.32. The van der Waals surface area contributed by atoms with Gasteiger partial charge in [0.05, 0.1) is 12.7 Å². The predicted octanol–water partition coefficient (Wildman–Crippen LogP) is 1.56. The Bertz CT molecular complexity index is 388. The summed E-state index contributed by atoms with van der Waals surface area (Å²) >= 11 is 0. The van der Waals surface area contributed by atoms with Crippen molar-refractivity contribution < 1.29 is 23.1 Å². The molecule has 74 valence electrons. The summed E-state index contributed by atoms with van der Waals surface area (Å²) in [6, 6.07) is 1.63. The molecule has 0 fully saturated rings. The molecule has 3 nitrogen and oxygen atoms in total. The lowest BCUT2D eigenvalue weighted by atomic mass is 10.1. The number of benzene rings is 1. The number of rotatable bonds is 2. The largest absolute Gasteiger partial charge is 0.465 e. The molecule has 0 unspecified atom stereocenters. The van der Waals surface area contributed by atoms with Crippen molar-refractivity contribution in [2.45, 2.75) is 0 Å². The minimum absolute atomic E-state index is 0.121. The second-order valence-corrected chi connectivity index (χ2v) is 2.47. The Balaban J connectivity index is 3.33. The van der Waals surface area contributed by atoms with Gasteiger partial charge in [-0.1, -0.05) is 0 Å². The minimum Gasteiger partial charge on any atom is -0.465 e. The second kappa shape index (κ2) is 3.95. The second-order valence-electron chi connectivity index (χ2n) is 2.47. The number of halogens is 2. The van der Waals surface area contributed by atoms with Gasteiger partial charge in [0.2, 0.25) is 0 Å². The smallest absolute Gasteiger partial charge is 0.340 e. The van der Waals surface area contributed by atoms with Crippen LogP contribution in [0.5, 0.6) is 0 Å². The van der Waals surface area contributed by atoms with E-state index in [2.05, 4.69) is 4.74 Å². The summed E-state index contributed by atoms with van der Waals surface area (Å²) in [5.74, 6) is -3.59. The number of hydrogen-bond donors (Lipinski definition) is 0. The van der Waals surface area contributed by atoms with E-state index in [-0.39, 0.29) is 5.56 Å². The summed E-state index contributed by atoms with van der Waals surface area (Å²) in [4.78, 5) is 21.2. The summed E-state index contributed by atoms with van der Waals surface area (Å²) in [5, 5.41) is 0. The molecule has 0 aliphatic carbocycles. The molecule has 0 saturated carbocycles.